The van der Waals surface area contributed by atoms with Crippen LogP contribution in [0.5, 0.6) is 11.6 Å². The lowest BCUT2D eigenvalue weighted by Gasteiger charge is -2.08. The molecule has 1 heterocycles. The van der Waals surface area contributed by atoms with Gasteiger partial charge in [-0.15, -0.1) is 0 Å². The number of ether oxygens (including phenoxy) is 1. The van der Waals surface area contributed by atoms with Crippen LogP contribution in [0.4, 0.5) is 5.69 Å². The summed E-state index contributed by atoms with van der Waals surface area (Å²) in [5, 5.41) is 1.75. The number of nitrogen functional groups attached to an aromatic ring is 1. The third kappa shape index (κ3) is 2.93. The highest BCUT2D eigenvalue weighted by Crippen LogP contribution is 2.27. The van der Waals surface area contributed by atoms with Gasteiger partial charge in [0.05, 0.1) is 5.52 Å². The van der Waals surface area contributed by atoms with Gasteiger partial charge in [0.15, 0.2) is 0 Å². The van der Waals surface area contributed by atoms with Crippen molar-refractivity contribution in [3.63, 3.8) is 0 Å². The quantitative estimate of drug-likeness (QED) is 0.705. The summed E-state index contributed by atoms with van der Waals surface area (Å²) >= 11 is 6.11. The smallest absolute Gasteiger partial charge is 0.219 e. The Bertz CT molecular complexity index is 802. The molecule has 1 aromatic heterocycles. The summed E-state index contributed by atoms with van der Waals surface area (Å²) in [7, 11) is 0. The average Bonchev–Trinajstić information content (AvgIpc) is 2.49. The lowest BCUT2D eigenvalue weighted by Crippen LogP contribution is -1.91. The number of aromatic nitrogens is 1. The van der Waals surface area contributed by atoms with Crippen LogP contribution in [0, 0.1) is 0 Å². The predicted molar refractivity (Wildman–Crippen MR) is 87.1 cm³/mol. The number of benzene rings is 2. The van der Waals surface area contributed by atoms with Crippen molar-refractivity contribution in [3.05, 3.63) is 59.1 Å². The molecule has 2 N–H and O–H groups in total. The summed E-state index contributed by atoms with van der Waals surface area (Å²) in [6.45, 7) is 2.06. The lowest BCUT2D eigenvalue weighted by atomic mass is 10.1. The summed E-state index contributed by atoms with van der Waals surface area (Å²) in [4.78, 5) is 4.48. The van der Waals surface area contributed by atoms with Gasteiger partial charge in [-0.2, -0.15) is 0 Å². The number of hydrogen-bond acceptors (Lipinski definition) is 3. The highest BCUT2D eigenvalue weighted by Gasteiger charge is 2.04. The third-order valence-corrected chi connectivity index (χ3v) is 3.68. The molecule has 106 valence electrons. The van der Waals surface area contributed by atoms with Crippen LogP contribution in [0.15, 0.2) is 48.5 Å². The van der Waals surface area contributed by atoms with E-state index in [1.165, 1.54) is 0 Å². The molecule has 4 heteroatoms. The first-order valence-electron chi connectivity index (χ1n) is 6.78. The van der Waals surface area contributed by atoms with Gasteiger partial charge in [0.2, 0.25) is 5.88 Å². The highest BCUT2D eigenvalue weighted by molar-refractivity contribution is 6.31. The second-order valence-corrected chi connectivity index (χ2v) is 5.22. The molecule has 0 radical (unpaired) electrons. The summed E-state index contributed by atoms with van der Waals surface area (Å²) in [6, 6.07) is 15.0. The first-order chi connectivity index (χ1) is 10.2. The number of nitrogens with two attached hydrogens (primary N) is 1. The van der Waals surface area contributed by atoms with E-state index >= 15 is 0 Å². The molecule has 3 rings (SSSR count). The Hall–Kier alpha value is -2.26. The van der Waals surface area contributed by atoms with Gasteiger partial charge in [0.25, 0.3) is 0 Å². The average molecular weight is 299 g/mol. The molecule has 0 unspecified atom stereocenters. The second-order valence-electron chi connectivity index (χ2n) is 4.81. The number of aryl methyl sites for hydroxylation is 1. The fourth-order valence-corrected chi connectivity index (χ4v) is 2.44. The van der Waals surface area contributed by atoms with Crippen molar-refractivity contribution in [2.45, 2.75) is 13.3 Å². The number of rotatable bonds is 3. The minimum absolute atomic E-state index is 0.552. The van der Waals surface area contributed by atoms with Gasteiger partial charge >= 0.3 is 0 Å². The van der Waals surface area contributed by atoms with Crippen molar-refractivity contribution in [2.24, 2.45) is 0 Å². The van der Waals surface area contributed by atoms with E-state index < -0.39 is 0 Å². The van der Waals surface area contributed by atoms with Crippen LogP contribution in [0.25, 0.3) is 10.9 Å². The predicted octanol–water partition coefficient (Wildman–Crippen LogP) is 4.83. The fraction of sp³-hybridized carbons (Fsp3) is 0.118. The van der Waals surface area contributed by atoms with Gasteiger partial charge in [-0.1, -0.05) is 18.5 Å². The molecule has 2 aromatic carbocycles. The van der Waals surface area contributed by atoms with Gasteiger partial charge in [-0.25, -0.2) is 4.98 Å². The van der Waals surface area contributed by atoms with Gasteiger partial charge in [0, 0.05) is 22.2 Å². The van der Waals surface area contributed by atoms with E-state index in [-0.39, 0.29) is 0 Å². The first kappa shape index (κ1) is 13.7. The molecular weight excluding hydrogens is 284 g/mol. The molecular formula is C17H15ClN2O. The third-order valence-electron chi connectivity index (χ3n) is 3.31. The van der Waals surface area contributed by atoms with E-state index in [1.54, 1.807) is 0 Å². The van der Waals surface area contributed by atoms with Crippen LogP contribution in [0.1, 0.15) is 12.5 Å². The van der Waals surface area contributed by atoms with Crippen molar-refractivity contribution >= 4 is 28.2 Å². The van der Waals surface area contributed by atoms with Crippen molar-refractivity contribution in [3.8, 4) is 11.6 Å². The summed E-state index contributed by atoms with van der Waals surface area (Å²) in [5.41, 5.74) is 8.40. The standard InChI is InChI=1S/C17H15ClN2O/c1-2-11-10-14(5-6-15(11)18)21-17-8-3-12-9-13(19)4-7-16(12)20-17/h3-10H,2,19H2,1H3. The Morgan fingerprint density at radius 2 is 1.95 bits per heavy atom. The number of halogens is 1. The van der Waals surface area contributed by atoms with Gasteiger partial charge in [-0.05, 0) is 54.4 Å². The molecule has 0 aliphatic rings. The lowest BCUT2D eigenvalue weighted by molar-refractivity contribution is 0.464. The van der Waals surface area contributed by atoms with Crippen LogP contribution >= 0.6 is 11.6 Å². The van der Waals surface area contributed by atoms with Crippen molar-refractivity contribution in [1.82, 2.24) is 4.98 Å². The van der Waals surface area contributed by atoms with E-state index in [9.17, 15) is 0 Å². The molecule has 0 atom stereocenters. The number of anilines is 1. The maximum Gasteiger partial charge on any atom is 0.219 e. The summed E-state index contributed by atoms with van der Waals surface area (Å²) in [6.07, 6.45) is 0.862. The maximum atomic E-state index is 6.11. The maximum absolute atomic E-state index is 6.11. The normalized spacial score (nSPS) is 10.8. The van der Waals surface area contributed by atoms with Crippen LogP contribution < -0.4 is 10.5 Å². The SMILES string of the molecule is CCc1cc(Oc2ccc3cc(N)ccc3n2)ccc1Cl. The Morgan fingerprint density at radius 3 is 2.76 bits per heavy atom. The molecule has 0 amide bonds. The van der Waals surface area contributed by atoms with Crippen LogP contribution in [0.2, 0.25) is 5.02 Å². The minimum atomic E-state index is 0.552. The van der Waals surface area contributed by atoms with E-state index in [0.29, 0.717) is 5.88 Å². The zero-order valence-corrected chi connectivity index (χ0v) is 12.4. The topological polar surface area (TPSA) is 48.1 Å². The molecule has 3 aromatic rings. The molecule has 21 heavy (non-hydrogen) atoms. The van der Waals surface area contributed by atoms with E-state index in [0.717, 1.165) is 39.3 Å². The summed E-state index contributed by atoms with van der Waals surface area (Å²) < 4.78 is 5.81. The zero-order valence-electron chi connectivity index (χ0n) is 11.6. The van der Waals surface area contributed by atoms with Gasteiger partial charge in [-0.3, -0.25) is 0 Å². The molecule has 0 fully saturated rings. The first-order valence-corrected chi connectivity index (χ1v) is 7.16. The molecule has 0 bridgehead atoms. The molecule has 0 saturated heterocycles. The van der Waals surface area contributed by atoms with Gasteiger partial charge < -0.3 is 10.5 Å². The van der Waals surface area contributed by atoms with Crippen molar-refractivity contribution < 1.29 is 4.74 Å². The Balaban J connectivity index is 1.92. The van der Waals surface area contributed by atoms with E-state index in [1.807, 2.05) is 48.5 Å². The molecule has 0 aliphatic carbocycles. The second kappa shape index (κ2) is 5.62. The monoisotopic (exact) mass is 298 g/mol. The highest BCUT2D eigenvalue weighted by atomic mass is 35.5. The largest absolute Gasteiger partial charge is 0.439 e. The van der Waals surface area contributed by atoms with Crippen molar-refractivity contribution in [1.29, 1.82) is 0 Å². The zero-order chi connectivity index (χ0) is 14.8. The van der Waals surface area contributed by atoms with Crippen LogP contribution in [0.3, 0.4) is 0 Å². The minimum Gasteiger partial charge on any atom is -0.439 e. The molecule has 0 saturated carbocycles. The Kier molecular flexibility index (Phi) is 3.67. The molecule has 0 spiro atoms. The number of nitrogens with zero attached hydrogens (tertiary/aromatic N) is 1. The number of fused-ring (bicyclic) bond motifs is 1. The number of hydrogen-bond donors (Lipinski definition) is 1. The molecule has 0 aliphatic heterocycles. The van der Waals surface area contributed by atoms with E-state index in [2.05, 4.69) is 11.9 Å². The van der Waals surface area contributed by atoms with Crippen LogP contribution in [-0.2, 0) is 6.42 Å². The fourth-order valence-electron chi connectivity index (χ4n) is 2.19. The summed E-state index contributed by atoms with van der Waals surface area (Å²) in [5.74, 6) is 1.29. The molecule has 3 nitrogen and oxygen atoms in total. The van der Waals surface area contributed by atoms with Crippen LogP contribution in [-0.4, -0.2) is 4.98 Å². The number of pyridine rings is 1. The Labute approximate surface area is 128 Å². The van der Waals surface area contributed by atoms with Crippen molar-refractivity contribution in [2.75, 3.05) is 5.73 Å². The Morgan fingerprint density at radius 1 is 1.10 bits per heavy atom. The van der Waals surface area contributed by atoms with Gasteiger partial charge in [0.1, 0.15) is 5.75 Å². The van der Waals surface area contributed by atoms with E-state index in [4.69, 9.17) is 22.1 Å².